The first kappa shape index (κ1) is 29.4. The van der Waals surface area contributed by atoms with Crippen LogP contribution in [-0.2, 0) is 9.53 Å². The highest BCUT2D eigenvalue weighted by atomic mass is 79.9. The van der Waals surface area contributed by atoms with Gasteiger partial charge >= 0.3 is 5.97 Å². The number of furan rings is 1. The molecule has 2 aromatic heterocycles. The van der Waals surface area contributed by atoms with E-state index < -0.39 is 12.0 Å². The highest BCUT2D eigenvalue weighted by Gasteiger charge is 2.34. The van der Waals surface area contributed by atoms with Crippen molar-refractivity contribution < 1.29 is 13.9 Å². The van der Waals surface area contributed by atoms with Crippen LogP contribution in [0.5, 0.6) is 0 Å². The maximum atomic E-state index is 14.0. The number of esters is 1. The smallest absolute Gasteiger partial charge is 0.338 e. The summed E-state index contributed by atoms with van der Waals surface area (Å²) in [5.41, 5.74) is 2.89. The van der Waals surface area contributed by atoms with E-state index in [1.165, 1.54) is 28.7 Å². The van der Waals surface area contributed by atoms with Crippen LogP contribution in [0, 0.1) is 0 Å². The van der Waals surface area contributed by atoms with Crippen LogP contribution >= 0.6 is 39.0 Å². The number of allylic oxidation sites excluding steroid dienone is 1. The molecule has 4 aromatic rings. The number of ether oxygens (including phenoxy) is 1. The largest absolute Gasteiger partial charge is 0.463 e. The van der Waals surface area contributed by atoms with E-state index in [1.54, 1.807) is 17.6 Å². The van der Waals surface area contributed by atoms with E-state index in [1.807, 2.05) is 55.5 Å². The number of rotatable bonds is 9. The van der Waals surface area contributed by atoms with Gasteiger partial charge in [-0.05, 0) is 64.5 Å². The van der Waals surface area contributed by atoms with Gasteiger partial charge in [-0.1, -0.05) is 92.8 Å². The van der Waals surface area contributed by atoms with Crippen LogP contribution in [0.25, 0.3) is 6.08 Å². The normalized spacial score (nSPS) is 15.3. The van der Waals surface area contributed by atoms with Gasteiger partial charge in [-0.15, -0.1) is 0 Å². The standard InChI is InChI=1S/C32H31BrN2O4S2/c1-5-10-25-27(30(37)38-6-2)28(21-15-13-20(14-16-21)19(3)4)35-29(36)26(41-32(35)34-25)18-22-17-24(33)31(39-22)40-23-11-8-7-9-12-23/h7-9,11-19,28H,5-6,10H2,1-4H3/b26-18+/t28-/m1/s1. The minimum Gasteiger partial charge on any atom is -0.463 e. The molecule has 0 fully saturated rings. The molecule has 0 unspecified atom stereocenters. The number of hydrogen-bond donors (Lipinski definition) is 0. The summed E-state index contributed by atoms with van der Waals surface area (Å²) in [7, 11) is 0. The summed E-state index contributed by atoms with van der Waals surface area (Å²) in [6, 6.07) is 19.3. The summed E-state index contributed by atoms with van der Waals surface area (Å²) in [6.45, 7) is 8.34. The van der Waals surface area contributed by atoms with Crippen LogP contribution in [0.1, 0.15) is 69.4 Å². The third-order valence-electron chi connectivity index (χ3n) is 6.71. The third-order valence-corrected chi connectivity index (χ3v) is 9.54. The van der Waals surface area contributed by atoms with Crippen LogP contribution < -0.4 is 14.9 Å². The Morgan fingerprint density at radius 3 is 2.56 bits per heavy atom. The van der Waals surface area contributed by atoms with Gasteiger partial charge in [0, 0.05) is 11.0 Å². The molecule has 41 heavy (non-hydrogen) atoms. The fourth-order valence-electron chi connectivity index (χ4n) is 4.73. The topological polar surface area (TPSA) is 73.8 Å². The maximum absolute atomic E-state index is 14.0. The first-order valence-electron chi connectivity index (χ1n) is 13.6. The molecule has 212 valence electrons. The van der Waals surface area contributed by atoms with Crippen LogP contribution in [0.15, 0.2) is 101 Å². The number of carbonyl (C=O) groups is 1. The molecule has 1 aliphatic heterocycles. The van der Waals surface area contributed by atoms with Crippen molar-refractivity contribution in [3.05, 3.63) is 113 Å². The first-order chi connectivity index (χ1) is 19.8. The fraction of sp³-hybridized carbons (Fsp3) is 0.281. The maximum Gasteiger partial charge on any atom is 0.338 e. The quantitative estimate of drug-likeness (QED) is 0.179. The summed E-state index contributed by atoms with van der Waals surface area (Å²) in [5, 5.41) is 0.702. The van der Waals surface area contributed by atoms with Gasteiger partial charge in [0.15, 0.2) is 9.89 Å². The molecule has 0 aliphatic carbocycles. The molecular formula is C32H31BrN2O4S2. The number of thiazole rings is 1. The second-order valence-electron chi connectivity index (χ2n) is 9.93. The zero-order valence-corrected chi connectivity index (χ0v) is 26.6. The number of halogens is 1. The van der Waals surface area contributed by atoms with Crippen molar-refractivity contribution in [2.45, 2.75) is 62.5 Å². The van der Waals surface area contributed by atoms with Crippen LogP contribution in [-0.4, -0.2) is 17.1 Å². The Hall–Kier alpha value is -3.14. The number of aromatic nitrogens is 1. The van der Waals surface area contributed by atoms with Crippen LogP contribution in [0.4, 0.5) is 0 Å². The lowest BCUT2D eigenvalue weighted by atomic mass is 9.92. The molecule has 9 heteroatoms. The molecule has 0 N–H and O–H groups in total. The first-order valence-corrected chi connectivity index (χ1v) is 16.1. The van der Waals surface area contributed by atoms with E-state index in [0.29, 0.717) is 43.8 Å². The number of carbonyl (C=O) groups excluding carboxylic acids is 1. The van der Waals surface area contributed by atoms with E-state index >= 15 is 0 Å². The molecule has 0 bridgehead atoms. The van der Waals surface area contributed by atoms with Crippen molar-refractivity contribution in [2.75, 3.05) is 6.61 Å². The van der Waals surface area contributed by atoms with Gasteiger partial charge in [-0.25, -0.2) is 9.79 Å². The lowest BCUT2D eigenvalue weighted by Gasteiger charge is -2.26. The summed E-state index contributed by atoms with van der Waals surface area (Å²) >= 11 is 6.39. The Morgan fingerprint density at radius 2 is 1.90 bits per heavy atom. The number of hydrogen-bond acceptors (Lipinski definition) is 7. The average molecular weight is 652 g/mol. The fourth-order valence-corrected chi connectivity index (χ4v) is 7.09. The second kappa shape index (κ2) is 12.8. The summed E-state index contributed by atoms with van der Waals surface area (Å²) in [4.78, 5) is 33.8. The van der Waals surface area contributed by atoms with Crippen LogP contribution in [0.2, 0.25) is 0 Å². The highest BCUT2D eigenvalue weighted by molar-refractivity contribution is 9.10. The van der Waals surface area contributed by atoms with Gasteiger partial charge in [-0.3, -0.25) is 9.36 Å². The number of nitrogens with zero attached hydrogens (tertiary/aromatic N) is 2. The molecule has 0 saturated heterocycles. The molecule has 1 aliphatic rings. The van der Waals surface area contributed by atoms with E-state index in [-0.39, 0.29) is 12.2 Å². The molecule has 5 rings (SSSR count). The van der Waals surface area contributed by atoms with Crippen molar-refractivity contribution >= 4 is 51.1 Å². The summed E-state index contributed by atoms with van der Waals surface area (Å²) in [6.07, 6.45) is 3.15. The summed E-state index contributed by atoms with van der Waals surface area (Å²) < 4.78 is 14.5. The van der Waals surface area contributed by atoms with E-state index in [4.69, 9.17) is 14.1 Å². The van der Waals surface area contributed by atoms with Crippen molar-refractivity contribution in [3.8, 4) is 0 Å². The lowest BCUT2D eigenvalue weighted by Crippen LogP contribution is -2.40. The van der Waals surface area contributed by atoms with Gasteiger partial charge in [0.2, 0.25) is 0 Å². The van der Waals surface area contributed by atoms with Gasteiger partial charge in [-0.2, -0.15) is 0 Å². The number of benzene rings is 2. The van der Waals surface area contributed by atoms with Gasteiger partial charge < -0.3 is 9.15 Å². The monoisotopic (exact) mass is 650 g/mol. The predicted octanol–water partition coefficient (Wildman–Crippen LogP) is 7.21. The Kier molecular flexibility index (Phi) is 9.16. The molecule has 0 radical (unpaired) electrons. The average Bonchev–Trinajstić information content (AvgIpc) is 3.46. The third kappa shape index (κ3) is 6.22. The van der Waals surface area contributed by atoms with Crippen molar-refractivity contribution in [3.63, 3.8) is 0 Å². The minimum atomic E-state index is -0.636. The van der Waals surface area contributed by atoms with Gasteiger partial charge in [0.1, 0.15) is 5.76 Å². The SMILES string of the molecule is CCCC1=C(C(=O)OCC)[C@@H](c2ccc(C(C)C)cc2)n2c(s/c(=C/c3cc(Br)c(Sc4ccccc4)o3)c2=O)=N1. The molecule has 3 heterocycles. The predicted molar refractivity (Wildman–Crippen MR) is 167 cm³/mol. The van der Waals surface area contributed by atoms with Crippen molar-refractivity contribution in [1.29, 1.82) is 0 Å². The molecule has 0 spiro atoms. The van der Waals surface area contributed by atoms with Gasteiger partial charge in [0.05, 0.1) is 32.9 Å². The van der Waals surface area contributed by atoms with Crippen LogP contribution in [0.3, 0.4) is 0 Å². The van der Waals surface area contributed by atoms with E-state index in [9.17, 15) is 9.59 Å². The van der Waals surface area contributed by atoms with E-state index in [2.05, 4.69) is 41.9 Å². The Balaban J connectivity index is 1.64. The Morgan fingerprint density at radius 1 is 1.17 bits per heavy atom. The molecule has 2 aromatic carbocycles. The molecule has 6 nitrogen and oxygen atoms in total. The van der Waals surface area contributed by atoms with Gasteiger partial charge in [0.25, 0.3) is 5.56 Å². The summed E-state index contributed by atoms with van der Waals surface area (Å²) in [5.74, 6) is 0.473. The lowest BCUT2D eigenvalue weighted by molar-refractivity contribution is -0.139. The van der Waals surface area contributed by atoms with E-state index in [0.717, 1.165) is 21.4 Å². The molecular weight excluding hydrogens is 620 g/mol. The minimum absolute atomic E-state index is 0.228. The zero-order chi connectivity index (χ0) is 29.1. The van der Waals surface area contributed by atoms with Crippen molar-refractivity contribution in [2.24, 2.45) is 4.99 Å². The Labute approximate surface area is 255 Å². The van der Waals surface area contributed by atoms with Crippen molar-refractivity contribution in [1.82, 2.24) is 4.57 Å². The zero-order valence-electron chi connectivity index (χ0n) is 23.3. The highest BCUT2D eigenvalue weighted by Crippen LogP contribution is 2.36. The molecule has 1 atom stereocenters. The molecule has 0 saturated carbocycles. The Bertz CT molecular complexity index is 1770. The second-order valence-corrected chi connectivity index (χ2v) is 12.8. The number of fused-ring (bicyclic) bond motifs is 1. The molecule has 0 amide bonds.